The van der Waals surface area contributed by atoms with E-state index >= 15 is 0 Å². The number of nitrogens with zero attached hydrogens (tertiary/aromatic N) is 1. The summed E-state index contributed by atoms with van der Waals surface area (Å²) in [4.78, 5) is 2.40. The van der Waals surface area contributed by atoms with Gasteiger partial charge >= 0.3 is 0 Å². The lowest BCUT2D eigenvalue weighted by molar-refractivity contribution is 0.301. The number of anilines is 1. The standard InChI is InChI=1S/C17H27FN2/c1-5-17(6-2)7-8-20(11-17)16-9-12(3)15(18)10-14(16)13(4)19/h9-10,13H,5-8,11,19H2,1-4H3/t13-/m0/s1. The maximum Gasteiger partial charge on any atom is 0.126 e. The molecular weight excluding hydrogens is 251 g/mol. The highest BCUT2D eigenvalue weighted by molar-refractivity contribution is 5.58. The van der Waals surface area contributed by atoms with Crippen LogP contribution in [0.3, 0.4) is 0 Å². The third kappa shape index (κ3) is 2.69. The minimum absolute atomic E-state index is 0.140. The lowest BCUT2D eigenvalue weighted by Gasteiger charge is -2.29. The molecule has 2 nitrogen and oxygen atoms in total. The van der Waals surface area contributed by atoms with Crippen molar-refractivity contribution >= 4 is 5.69 Å². The van der Waals surface area contributed by atoms with Crippen molar-refractivity contribution in [1.29, 1.82) is 0 Å². The first-order valence-electron chi connectivity index (χ1n) is 7.73. The monoisotopic (exact) mass is 278 g/mol. The third-order valence-electron chi connectivity index (χ3n) is 5.08. The predicted octanol–water partition coefficient (Wildman–Crippen LogP) is 4.17. The highest BCUT2D eigenvalue weighted by atomic mass is 19.1. The summed E-state index contributed by atoms with van der Waals surface area (Å²) in [5, 5.41) is 0. The van der Waals surface area contributed by atoms with Gasteiger partial charge in [-0.25, -0.2) is 4.39 Å². The molecule has 0 radical (unpaired) electrons. The molecule has 0 aliphatic carbocycles. The number of rotatable bonds is 4. The molecule has 0 spiro atoms. The summed E-state index contributed by atoms with van der Waals surface area (Å²) < 4.78 is 13.8. The van der Waals surface area contributed by atoms with Crippen molar-refractivity contribution in [2.24, 2.45) is 11.1 Å². The number of hydrogen-bond donors (Lipinski definition) is 1. The van der Waals surface area contributed by atoms with Crippen molar-refractivity contribution in [3.8, 4) is 0 Å². The van der Waals surface area contributed by atoms with E-state index in [-0.39, 0.29) is 11.9 Å². The summed E-state index contributed by atoms with van der Waals surface area (Å²) in [6.45, 7) is 10.4. The Morgan fingerprint density at radius 2 is 2.00 bits per heavy atom. The molecule has 0 bridgehead atoms. The molecule has 1 aromatic rings. The van der Waals surface area contributed by atoms with Gasteiger partial charge < -0.3 is 10.6 Å². The molecule has 2 N–H and O–H groups in total. The topological polar surface area (TPSA) is 29.3 Å². The molecule has 1 fully saturated rings. The molecule has 0 saturated carbocycles. The maximum absolute atomic E-state index is 13.8. The van der Waals surface area contributed by atoms with Crippen LogP contribution in [-0.4, -0.2) is 13.1 Å². The van der Waals surface area contributed by atoms with Crippen LogP contribution in [0.1, 0.15) is 57.2 Å². The van der Waals surface area contributed by atoms with Gasteiger partial charge in [-0.15, -0.1) is 0 Å². The number of nitrogens with two attached hydrogens (primary N) is 1. The molecule has 1 aliphatic heterocycles. The van der Waals surface area contributed by atoms with Crippen LogP contribution in [0.5, 0.6) is 0 Å². The van der Waals surface area contributed by atoms with Crippen LogP contribution in [0.4, 0.5) is 10.1 Å². The van der Waals surface area contributed by atoms with Gasteiger partial charge in [-0.1, -0.05) is 13.8 Å². The molecule has 0 amide bonds. The van der Waals surface area contributed by atoms with E-state index < -0.39 is 0 Å². The number of aryl methyl sites for hydroxylation is 1. The average molecular weight is 278 g/mol. The van der Waals surface area contributed by atoms with E-state index in [1.54, 1.807) is 6.07 Å². The molecule has 3 heteroatoms. The van der Waals surface area contributed by atoms with Crippen LogP contribution in [0.2, 0.25) is 0 Å². The molecule has 1 atom stereocenters. The molecule has 1 saturated heterocycles. The van der Waals surface area contributed by atoms with E-state index in [4.69, 9.17) is 5.73 Å². The first kappa shape index (κ1) is 15.3. The van der Waals surface area contributed by atoms with Crippen molar-refractivity contribution in [3.05, 3.63) is 29.1 Å². The highest BCUT2D eigenvalue weighted by Crippen LogP contribution is 2.41. The smallest absolute Gasteiger partial charge is 0.126 e. The van der Waals surface area contributed by atoms with E-state index in [2.05, 4.69) is 18.7 Å². The van der Waals surface area contributed by atoms with Crippen LogP contribution >= 0.6 is 0 Å². The Bertz CT molecular complexity index is 478. The fraction of sp³-hybridized carbons (Fsp3) is 0.647. The minimum atomic E-state index is -0.155. The summed E-state index contributed by atoms with van der Waals surface area (Å²) >= 11 is 0. The molecule has 2 rings (SSSR count). The first-order valence-corrected chi connectivity index (χ1v) is 7.73. The van der Waals surface area contributed by atoms with Gasteiger partial charge in [0.15, 0.2) is 0 Å². The van der Waals surface area contributed by atoms with E-state index in [0.29, 0.717) is 11.0 Å². The molecule has 0 aromatic heterocycles. The second-order valence-electron chi connectivity index (χ2n) is 6.33. The van der Waals surface area contributed by atoms with Gasteiger partial charge in [-0.2, -0.15) is 0 Å². The van der Waals surface area contributed by atoms with Crippen molar-refractivity contribution in [2.45, 2.75) is 53.0 Å². The summed E-state index contributed by atoms with van der Waals surface area (Å²) in [7, 11) is 0. The summed E-state index contributed by atoms with van der Waals surface area (Å²) in [5.41, 5.74) is 9.21. The Hall–Kier alpha value is -1.09. The molecule has 1 heterocycles. The lowest BCUT2D eigenvalue weighted by Crippen LogP contribution is -2.27. The zero-order chi connectivity index (χ0) is 14.9. The van der Waals surface area contributed by atoms with Gasteiger partial charge in [-0.3, -0.25) is 0 Å². The zero-order valence-corrected chi connectivity index (χ0v) is 13.2. The molecule has 1 aromatic carbocycles. The summed E-state index contributed by atoms with van der Waals surface area (Å²) in [6.07, 6.45) is 3.62. The molecule has 20 heavy (non-hydrogen) atoms. The van der Waals surface area contributed by atoms with Crippen LogP contribution in [0, 0.1) is 18.2 Å². The van der Waals surface area contributed by atoms with Crippen molar-refractivity contribution in [2.75, 3.05) is 18.0 Å². The van der Waals surface area contributed by atoms with Gasteiger partial charge in [0, 0.05) is 24.8 Å². The van der Waals surface area contributed by atoms with Crippen LogP contribution in [0.15, 0.2) is 12.1 Å². The SMILES string of the molecule is CCC1(CC)CCN(c2cc(C)c(F)cc2[C@H](C)N)C1. The number of halogens is 1. The normalized spacial score (nSPS) is 19.4. The highest BCUT2D eigenvalue weighted by Gasteiger charge is 2.35. The predicted molar refractivity (Wildman–Crippen MR) is 83.6 cm³/mol. The number of hydrogen-bond acceptors (Lipinski definition) is 2. The van der Waals surface area contributed by atoms with Gasteiger partial charge in [0.1, 0.15) is 5.82 Å². The second-order valence-corrected chi connectivity index (χ2v) is 6.33. The van der Waals surface area contributed by atoms with E-state index in [1.165, 1.54) is 19.3 Å². The average Bonchev–Trinajstić information content (AvgIpc) is 2.86. The Labute approximate surface area is 122 Å². The van der Waals surface area contributed by atoms with Crippen molar-refractivity contribution in [1.82, 2.24) is 0 Å². The third-order valence-corrected chi connectivity index (χ3v) is 5.08. The fourth-order valence-corrected chi connectivity index (χ4v) is 3.29. The van der Waals surface area contributed by atoms with Gasteiger partial charge in [0.25, 0.3) is 0 Å². The largest absolute Gasteiger partial charge is 0.371 e. The van der Waals surface area contributed by atoms with Gasteiger partial charge in [0.05, 0.1) is 0 Å². The fourth-order valence-electron chi connectivity index (χ4n) is 3.29. The summed E-state index contributed by atoms with van der Waals surface area (Å²) in [5.74, 6) is -0.155. The van der Waals surface area contributed by atoms with Gasteiger partial charge in [0.2, 0.25) is 0 Å². The number of benzene rings is 1. The molecular formula is C17H27FN2. The first-order chi connectivity index (χ1) is 9.42. The van der Waals surface area contributed by atoms with Crippen LogP contribution in [-0.2, 0) is 0 Å². The van der Waals surface area contributed by atoms with E-state index in [9.17, 15) is 4.39 Å². The Balaban J connectivity index is 2.36. The van der Waals surface area contributed by atoms with E-state index in [1.807, 2.05) is 19.9 Å². The van der Waals surface area contributed by atoms with Crippen molar-refractivity contribution in [3.63, 3.8) is 0 Å². The summed E-state index contributed by atoms with van der Waals surface area (Å²) in [6, 6.07) is 3.45. The second kappa shape index (κ2) is 5.72. The molecule has 0 unspecified atom stereocenters. The maximum atomic E-state index is 13.8. The van der Waals surface area contributed by atoms with Gasteiger partial charge in [-0.05, 0) is 61.8 Å². The molecule has 1 aliphatic rings. The zero-order valence-electron chi connectivity index (χ0n) is 13.2. The Kier molecular flexibility index (Phi) is 4.38. The van der Waals surface area contributed by atoms with E-state index in [0.717, 1.165) is 24.3 Å². The Morgan fingerprint density at radius 1 is 1.35 bits per heavy atom. The van der Waals surface area contributed by atoms with Crippen LogP contribution in [0.25, 0.3) is 0 Å². The minimum Gasteiger partial charge on any atom is -0.371 e. The Morgan fingerprint density at radius 3 is 2.50 bits per heavy atom. The van der Waals surface area contributed by atoms with Crippen LogP contribution < -0.4 is 10.6 Å². The van der Waals surface area contributed by atoms with Crippen molar-refractivity contribution < 1.29 is 4.39 Å². The lowest BCUT2D eigenvalue weighted by atomic mass is 9.82. The molecule has 112 valence electrons. The quantitative estimate of drug-likeness (QED) is 0.895.